The number of carbonyl (C=O) groups is 3. The Morgan fingerprint density at radius 3 is 2.27 bits per heavy atom. The minimum atomic E-state index is -1.53. The normalized spacial score (nSPS) is 17.6. The van der Waals surface area contributed by atoms with Gasteiger partial charge < -0.3 is 15.3 Å². The van der Waals surface area contributed by atoms with E-state index in [0.717, 1.165) is 11.1 Å². The smallest absolute Gasteiger partial charge is 0.274 e. The van der Waals surface area contributed by atoms with Gasteiger partial charge in [0.15, 0.2) is 6.10 Å². The first-order valence-electron chi connectivity index (χ1n) is 11.2. The van der Waals surface area contributed by atoms with E-state index in [-0.39, 0.29) is 24.9 Å². The number of carbonyl (C=O) groups excluding carboxylic acids is 3. The summed E-state index contributed by atoms with van der Waals surface area (Å²) in [6.07, 6.45) is -0.900. The summed E-state index contributed by atoms with van der Waals surface area (Å²) >= 11 is 0. The Hall–Kier alpha value is -3.23. The molecular formula is C25H31N3O5. The summed E-state index contributed by atoms with van der Waals surface area (Å²) in [4.78, 5) is 44.8. The molecule has 2 aromatic carbocycles. The fourth-order valence-corrected chi connectivity index (χ4v) is 3.79. The molecule has 3 rings (SSSR count). The molecule has 8 heteroatoms. The summed E-state index contributed by atoms with van der Waals surface area (Å²) in [7, 11) is 0. The maximum atomic E-state index is 13.2. The van der Waals surface area contributed by atoms with Crippen molar-refractivity contribution < 1.29 is 24.3 Å². The molecule has 1 fully saturated rings. The van der Waals surface area contributed by atoms with Gasteiger partial charge in [0, 0.05) is 13.0 Å². The molecule has 33 heavy (non-hydrogen) atoms. The monoisotopic (exact) mass is 453 g/mol. The number of nitrogens with zero attached hydrogens (tertiary/aromatic N) is 1. The third kappa shape index (κ3) is 6.87. The van der Waals surface area contributed by atoms with E-state index in [1.807, 2.05) is 60.7 Å². The van der Waals surface area contributed by atoms with Crippen LogP contribution in [0.15, 0.2) is 60.7 Å². The third-order valence-electron chi connectivity index (χ3n) is 5.50. The van der Waals surface area contributed by atoms with Crippen LogP contribution in [0.1, 0.15) is 37.8 Å². The van der Waals surface area contributed by atoms with Gasteiger partial charge in [-0.25, -0.2) is 5.48 Å². The molecule has 3 atom stereocenters. The van der Waals surface area contributed by atoms with Gasteiger partial charge >= 0.3 is 0 Å². The van der Waals surface area contributed by atoms with E-state index >= 15 is 0 Å². The zero-order valence-corrected chi connectivity index (χ0v) is 18.9. The van der Waals surface area contributed by atoms with Gasteiger partial charge in [-0.05, 0) is 37.8 Å². The lowest BCUT2D eigenvalue weighted by Gasteiger charge is -2.28. The predicted molar refractivity (Wildman–Crippen MR) is 122 cm³/mol. The Balaban J connectivity index is 1.73. The van der Waals surface area contributed by atoms with Gasteiger partial charge in [-0.2, -0.15) is 0 Å². The summed E-state index contributed by atoms with van der Waals surface area (Å²) in [6, 6.07) is 17.2. The predicted octanol–water partition coefficient (Wildman–Crippen LogP) is 1.72. The first-order valence-corrected chi connectivity index (χ1v) is 11.2. The minimum Gasteiger partial charge on any atom is -0.381 e. The lowest BCUT2D eigenvalue weighted by Crippen LogP contribution is -2.55. The average molecular weight is 454 g/mol. The Morgan fingerprint density at radius 1 is 1.06 bits per heavy atom. The molecule has 0 aromatic heterocycles. The van der Waals surface area contributed by atoms with Crippen LogP contribution in [0, 0.1) is 0 Å². The fraction of sp³-hybridized carbons (Fsp3) is 0.400. The molecule has 1 aliphatic rings. The van der Waals surface area contributed by atoms with Crippen LogP contribution in [-0.4, -0.2) is 52.0 Å². The Labute approximate surface area is 193 Å². The maximum absolute atomic E-state index is 13.2. The average Bonchev–Trinajstić information content (AvgIpc) is 3.18. The molecule has 0 saturated carbocycles. The molecule has 176 valence electrons. The fourth-order valence-electron chi connectivity index (χ4n) is 3.79. The van der Waals surface area contributed by atoms with Crippen molar-refractivity contribution >= 4 is 17.7 Å². The third-order valence-corrected chi connectivity index (χ3v) is 5.50. The molecule has 0 bridgehead atoms. The number of amides is 3. The Morgan fingerprint density at radius 2 is 1.67 bits per heavy atom. The Kier molecular flexibility index (Phi) is 8.57. The summed E-state index contributed by atoms with van der Waals surface area (Å²) in [6.45, 7) is 3.81. The molecule has 8 nitrogen and oxygen atoms in total. The van der Waals surface area contributed by atoms with Crippen molar-refractivity contribution in [3.05, 3.63) is 71.8 Å². The van der Waals surface area contributed by atoms with E-state index in [9.17, 15) is 19.5 Å². The van der Waals surface area contributed by atoms with Crippen molar-refractivity contribution in [2.24, 2.45) is 0 Å². The van der Waals surface area contributed by atoms with Gasteiger partial charge in [-0.15, -0.1) is 0 Å². The molecule has 1 heterocycles. The first kappa shape index (κ1) is 24.4. The van der Waals surface area contributed by atoms with E-state index in [0.29, 0.717) is 13.0 Å². The van der Waals surface area contributed by atoms with Crippen LogP contribution >= 0.6 is 0 Å². The van der Waals surface area contributed by atoms with Crippen LogP contribution in [0.25, 0.3) is 0 Å². The first-order chi connectivity index (χ1) is 15.8. The number of nitrogens with one attached hydrogen (secondary N) is 2. The van der Waals surface area contributed by atoms with E-state index < -0.39 is 30.0 Å². The minimum absolute atomic E-state index is 0.0952. The van der Waals surface area contributed by atoms with Gasteiger partial charge in [0.25, 0.3) is 5.91 Å². The number of hydroxylamine groups is 1. The molecule has 0 aliphatic carbocycles. The molecule has 1 saturated heterocycles. The van der Waals surface area contributed by atoms with Crippen molar-refractivity contribution in [1.82, 2.24) is 15.7 Å². The van der Waals surface area contributed by atoms with Crippen LogP contribution in [0.5, 0.6) is 0 Å². The molecule has 2 aromatic rings. The van der Waals surface area contributed by atoms with Crippen LogP contribution in [0.2, 0.25) is 0 Å². The van der Waals surface area contributed by atoms with Crippen molar-refractivity contribution in [2.75, 3.05) is 0 Å². The largest absolute Gasteiger partial charge is 0.381 e. The van der Waals surface area contributed by atoms with Gasteiger partial charge in [-0.1, -0.05) is 60.7 Å². The van der Waals surface area contributed by atoms with E-state index in [2.05, 4.69) is 10.8 Å². The number of hydrogen-bond acceptors (Lipinski definition) is 5. The summed E-state index contributed by atoms with van der Waals surface area (Å²) in [5.74, 6) is -1.23. The lowest BCUT2D eigenvalue weighted by molar-refractivity contribution is -0.148. The summed E-state index contributed by atoms with van der Waals surface area (Å²) < 4.78 is 0. The van der Waals surface area contributed by atoms with Crippen molar-refractivity contribution in [3.8, 4) is 0 Å². The van der Waals surface area contributed by atoms with Gasteiger partial charge in [0.2, 0.25) is 11.8 Å². The molecule has 0 radical (unpaired) electrons. The topological polar surface area (TPSA) is 108 Å². The van der Waals surface area contributed by atoms with Gasteiger partial charge in [0.1, 0.15) is 6.04 Å². The number of aliphatic hydroxyl groups is 1. The van der Waals surface area contributed by atoms with Crippen LogP contribution in [0.4, 0.5) is 0 Å². The second-order valence-electron chi connectivity index (χ2n) is 8.44. The SMILES string of the molecule is CC(C)ONC(=O)C(O)C(Cc1ccccc1)NC(=O)C1CCC(=O)N1Cc1ccccc1. The summed E-state index contributed by atoms with van der Waals surface area (Å²) in [5, 5.41) is 13.5. The standard InChI is InChI=1S/C25H31N3O5/c1-17(2)33-27-25(32)23(30)20(15-18-9-5-3-6-10-18)26-24(31)21-13-14-22(29)28(21)16-19-11-7-4-8-12-19/h3-12,17,20-21,23,30H,13-16H2,1-2H3,(H,26,31)(H,27,32). The second kappa shape index (κ2) is 11.6. The quantitative estimate of drug-likeness (QED) is 0.475. The number of hydrogen-bond donors (Lipinski definition) is 3. The van der Waals surface area contributed by atoms with Crippen LogP contribution in [0.3, 0.4) is 0 Å². The molecule has 0 spiro atoms. The highest BCUT2D eigenvalue weighted by atomic mass is 16.7. The molecule has 3 N–H and O–H groups in total. The molecular weight excluding hydrogens is 422 g/mol. The van der Waals surface area contributed by atoms with Crippen LogP contribution in [-0.2, 0) is 32.2 Å². The highest BCUT2D eigenvalue weighted by molar-refractivity contribution is 5.91. The number of aliphatic hydroxyl groups excluding tert-OH is 1. The van der Waals surface area contributed by atoms with Gasteiger partial charge in [0.05, 0.1) is 12.1 Å². The lowest BCUT2D eigenvalue weighted by atomic mass is 10.00. The highest BCUT2D eigenvalue weighted by Crippen LogP contribution is 2.22. The zero-order chi connectivity index (χ0) is 23.8. The second-order valence-corrected chi connectivity index (χ2v) is 8.44. The van der Waals surface area contributed by atoms with Gasteiger partial charge in [-0.3, -0.25) is 19.2 Å². The molecule has 3 amide bonds. The van der Waals surface area contributed by atoms with E-state index in [1.165, 1.54) is 0 Å². The number of rotatable bonds is 10. The highest BCUT2D eigenvalue weighted by Gasteiger charge is 2.38. The Bertz CT molecular complexity index is 936. The number of likely N-dealkylation sites (tertiary alicyclic amines) is 1. The number of benzene rings is 2. The van der Waals surface area contributed by atoms with Crippen LogP contribution < -0.4 is 10.8 Å². The van der Waals surface area contributed by atoms with E-state index in [1.54, 1.807) is 18.7 Å². The zero-order valence-electron chi connectivity index (χ0n) is 18.9. The van der Waals surface area contributed by atoms with E-state index in [4.69, 9.17) is 4.84 Å². The summed E-state index contributed by atoms with van der Waals surface area (Å²) in [5.41, 5.74) is 4.01. The maximum Gasteiger partial charge on any atom is 0.274 e. The van der Waals surface area contributed by atoms with Crippen molar-refractivity contribution in [3.63, 3.8) is 0 Å². The molecule has 1 aliphatic heterocycles. The van der Waals surface area contributed by atoms with Crippen molar-refractivity contribution in [2.45, 2.75) is 63.9 Å². The molecule has 3 unspecified atom stereocenters. The van der Waals surface area contributed by atoms with Crippen molar-refractivity contribution in [1.29, 1.82) is 0 Å².